The summed E-state index contributed by atoms with van der Waals surface area (Å²) in [6.45, 7) is 2.06. The molecule has 94 valence electrons. The van der Waals surface area contributed by atoms with Gasteiger partial charge in [-0.2, -0.15) is 0 Å². The Morgan fingerprint density at radius 3 is 2.89 bits per heavy atom. The van der Waals surface area contributed by atoms with E-state index in [0.717, 1.165) is 22.8 Å². The predicted octanol–water partition coefficient (Wildman–Crippen LogP) is 2.87. The highest BCUT2D eigenvalue weighted by Crippen LogP contribution is 2.18. The fraction of sp³-hybridized carbons (Fsp3) is 0.167. The molecule has 1 N–H and O–H groups in total. The molecule has 0 saturated heterocycles. The van der Waals surface area contributed by atoms with E-state index in [1.807, 2.05) is 12.3 Å². The van der Waals surface area contributed by atoms with Gasteiger partial charge in [0.15, 0.2) is 0 Å². The minimum atomic E-state index is -1.19. The molecule has 0 amide bonds. The van der Waals surface area contributed by atoms with E-state index in [9.17, 15) is 9.18 Å². The standard InChI is InChI=1S/C12H10FNO3S/c1-7-14-10(6-18-7)5-17-11-3-8(12(15)16)2-9(13)4-11/h2-4,6H,5H2,1H3,(H,15,16). The number of carbonyl (C=O) groups is 1. The second kappa shape index (κ2) is 5.14. The summed E-state index contributed by atoms with van der Waals surface area (Å²) in [5.74, 6) is -1.65. The van der Waals surface area contributed by atoms with E-state index in [1.165, 1.54) is 17.4 Å². The Balaban J connectivity index is 2.11. The van der Waals surface area contributed by atoms with E-state index in [2.05, 4.69) is 4.98 Å². The molecule has 2 rings (SSSR count). The van der Waals surface area contributed by atoms with Gasteiger partial charge in [0.1, 0.15) is 18.2 Å². The van der Waals surface area contributed by atoms with Gasteiger partial charge in [-0.25, -0.2) is 14.2 Å². The van der Waals surface area contributed by atoms with Crippen LogP contribution in [0, 0.1) is 12.7 Å². The zero-order chi connectivity index (χ0) is 13.1. The number of hydrogen-bond acceptors (Lipinski definition) is 4. The molecule has 4 nitrogen and oxygen atoms in total. The molecule has 6 heteroatoms. The zero-order valence-electron chi connectivity index (χ0n) is 9.51. The lowest BCUT2D eigenvalue weighted by molar-refractivity contribution is 0.0695. The van der Waals surface area contributed by atoms with Gasteiger partial charge in [0.25, 0.3) is 0 Å². The average Bonchev–Trinajstić information content (AvgIpc) is 2.72. The minimum absolute atomic E-state index is 0.139. The van der Waals surface area contributed by atoms with Crippen LogP contribution in [-0.4, -0.2) is 16.1 Å². The van der Waals surface area contributed by atoms with E-state index >= 15 is 0 Å². The molecule has 0 spiro atoms. The fourth-order valence-electron chi connectivity index (χ4n) is 1.40. The van der Waals surface area contributed by atoms with E-state index in [-0.39, 0.29) is 17.9 Å². The highest BCUT2D eigenvalue weighted by molar-refractivity contribution is 7.09. The van der Waals surface area contributed by atoms with Crippen LogP contribution >= 0.6 is 11.3 Å². The first-order chi connectivity index (χ1) is 8.54. The number of nitrogens with zero attached hydrogens (tertiary/aromatic N) is 1. The van der Waals surface area contributed by atoms with Gasteiger partial charge >= 0.3 is 5.97 Å². The lowest BCUT2D eigenvalue weighted by atomic mass is 10.2. The summed E-state index contributed by atoms with van der Waals surface area (Å²) in [5.41, 5.74) is 0.595. The molecule has 0 aliphatic heterocycles. The summed E-state index contributed by atoms with van der Waals surface area (Å²) < 4.78 is 18.5. The van der Waals surface area contributed by atoms with Crippen LogP contribution in [0.15, 0.2) is 23.6 Å². The Bertz CT molecular complexity index is 582. The highest BCUT2D eigenvalue weighted by atomic mass is 32.1. The first kappa shape index (κ1) is 12.5. The molecule has 0 aliphatic carbocycles. The van der Waals surface area contributed by atoms with E-state index in [4.69, 9.17) is 9.84 Å². The quantitative estimate of drug-likeness (QED) is 0.925. The molecule has 1 aromatic carbocycles. The fourth-order valence-corrected chi connectivity index (χ4v) is 2.00. The smallest absolute Gasteiger partial charge is 0.335 e. The van der Waals surface area contributed by atoms with E-state index < -0.39 is 11.8 Å². The van der Waals surface area contributed by atoms with Gasteiger partial charge in [-0.05, 0) is 19.1 Å². The third-order valence-electron chi connectivity index (χ3n) is 2.17. The van der Waals surface area contributed by atoms with Gasteiger partial charge in [0, 0.05) is 11.4 Å². The van der Waals surface area contributed by atoms with Crippen molar-refractivity contribution in [1.82, 2.24) is 4.98 Å². The molecule has 2 aromatic rings. The monoisotopic (exact) mass is 267 g/mol. The maximum Gasteiger partial charge on any atom is 0.335 e. The molecule has 0 aliphatic rings. The van der Waals surface area contributed by atoms with Crippen LogP contribution in [0.25, 0.3) is 0 Å². The number of hydrogen-bond donors (Lipinski definition) is 1. The molecule has 0 atom stereocenters. The Kier molecular flexibility index (Phi) is 3.57. The Hall–Kier alpha value is -1.95. The molecule has 0 unspecified atom stereocenters. The van der Waals surface area contributed by atoms with Crippen molar-refractivity contribution in [3.63, 3.8) is 0 Å². The van der Waals surface area contributed by atoms with Gasteiger partial charge in [-0.1, -0.05) is 0 Å². The van der Waals surface area contributed by atoms with Gasteiger partial charge < -0.3 is 9.84 Å². The predicted molar refractivity (Wildman–Crippen MR) is 64.5 cm³/mol. The topological polar surface area (TPSA) is 59.4 Å². The number of carboxylic acid groups (broad SMARTS) is 1. The SMILES string of the molecule is Cc1nc(COc2cc(F)cc(C(=O)O)c2)cs1. The molecule has 18 heavy (non-hydrogen) atoms. The summed E-state index contributed by atoms with van der Waals surface area (Å²) >= 11 is 1.49. The van der Waals surface area contributed by atoms with Crippen LogP contribution in [0.1, 0.15) is 21.1 Å². The van der Waals surface area contributed by atoms with Crippen LogP contribution in [0.2, 0.25) is 0 Å². The van der Waals surface area contributed by atoms with Gasteiger partial charge in [-0.3, -0.25) is 0 Å². The molecule has 1 aromatic heterocycles. The van der Waals surface area contributed by atoms with Crippen LogP contribution in [0.5, 0.6) is 5.75 Å². The van der Waals surface area contributed by atoms with Crippen LogP contribution in [0.3, 0.4) is 0 Å². The van der Waals surface area contributed by atoms with Crippen molar-refractivity contribution in [3.05, 3.63) is 45.7 Å². The number of carboxylic acids is 1. The average molecular weight is 267 g/mol. The minimum Gasteiger partial charge on any atom is -0.487 e. The lowest BCUT2D eigenvalue weighted by Crippen LogP contribution is -2.00. The Labute approximate surface area is 107 Å². The zero-order valence-corrected chi connectivity index (χ0v) is 10.3. The number of aryl methyl sites for hydroxylation is 1. The van der Waals surface area contributed by atoms with E-state index in [1.54, 1.807) is 0 Å². The first-order valence-electron chi connectivity index (χ1n) is 5.12. The van der Waals surface area contributed by atoms with Crippen molar-refractivity contribution < 1.29 is 19.0 Å². The molecular formula is C12H10FNO3S. The van der Waals surface area contributed by atoms with Gasteiger partial charge in [-0.15, -0.1) is 11.3 Å². The van der Waals surface area contributed by atoms with Crippen LogP contribution in [-0.2, 0) is 6.61 Å². The van der Waals surface area contributed by atoms with Crippen molar-refractivity contribution in [2.75, 3.05) is 0 Å². The van der Waals surface area contributed by atoms with Gasteiger partial charge in [0.2, 0.25) is 0 Å². The molecule has 1 heterocycles. The molecule has 0 saturated carbocycles. The number of aromatic carboxylic acids is 1. The second-order valence-electron chi connectivity index (χ2n) is 3.63. The van der Waals surface area contributed by atoms with Crippen LogP contribution in [0.4, 0.5) is 4.39 Å². The molecular weight excluding hydrogens is 257 g/mol. The van der Waals surface area contributed by atoms with Crippen LogP contribution < -0.4 is 4.74 Å². The van der Waals surface area contributed by atoms with Crippen molar-refractivity contribution in [1.29, 1.82) is 0 Å². The number of aromatic nitrogens is 1. The summed E-state index contributed by atoms with van der Waals surface area (Å²) in [5, 5.41) is 11.5. The van der Waals surface area contributed by atoms with E-state index in [0.29, 0.717) is 0 Å². The largest absolute Gasteiger partial charge is 0.487 e. The van der Waals surface area contributed by atoms with Crippen molar-refractivity contribution >= 4 is 17.3 Å². The molecule has 0 radical (unpaired) electrons. The number of thiazole rings is 1. The number of rotatable bonds is 4. The maximum atomic E-state index is 13.2. The number of halogens is 1. The Morgan fingerprint density at radius 1 is 1.50 bits per heavy atom. The first-order valence-corrected chi connectivity index (χ1v) is 6.00. The summed E-state index contributed by atoms with van der Waals surface area (Å²) in [4.78, 5) is 14.9. The van der Waals surface area contributed by atoms with Gasteiger partial charge in [0.05, 0.1) is 16.3 Å². The number of ether oxygens (including phenoxy) is 1. The molecule has 0 fully saturated rings. The number of benzene rings is 1. The summed E-state index contributed by atoms with van der Waals surface area (Å²) in [6, 6.07) is 3.37. The summed E-state index contributed by atoms with van der Waals surface area (Å²) in [6.07, 6.45) is 0. The van der Waals surface area contributed by atoms with Crippen molar-refractivity contribution in [2.45, 2.75) is 13.5 Å². The second-order valence-corrected chi connectivity index (χ2v) is 4.69. The van der Waals surface area contributed by atoms with Crippen molar-refractivity contribution in [3.8, 4) is 5.75 Å². The Morgan fingerprint density at radius 2 is 2.28 bits per heavy atom. The normalized spacial score (nSPS) is 10.3. The van der Waals surface area contributed by atoms with Crippen molar-refractivity contribution in [2.24, 2.45) is 0 Å². The summed E-state index contributed by atoms with van der Waals surface area (Å²) in [7, 11) is 0. The lowest BCUT2D eigenvalue weighted by Gasteiger charge is -2.05. The molecule has 0 bridgehead atoms. The highest BCUT2D eigenvalue weighted by Gasteiger charge is 2.08. The third-order valence-corrected chi connectivity index (χ3v) is 2.99. The third kappa shape index (κ3) is 3.04. The maximum absolute atomic E-state index is 13.2.